The van der Waals surface area contributed by atoms with Gasteiger partial charge in [0.2, 0.25) is 0 Å². The molecule has 2 heteroatoms. The molecule has 0 radical (unpaired) electrons. The number of benzene rings is 1. The molecule has 1 aromatic rings. The SMILES string of the molecule is Cc1cc(C)c(C(C)C(C)CNC2CC2)c(F)c1. The van der Waals surface area contributed by atoms with Gasteiger partial charge in [0.15, 0.2) is 0 Å². The number of aryl methyl sites for hydroxylation is 2. The molecular weight excluding hydrogens is 225 g/mol. The normalized spacial score (nSPS) is 18.7. The highest BCUT2D eigenvalue weighted by Crippen LogP contribution is 2.30. The fraction of sp³-hybridized carbons (Fsp3) is 0.625. The van der Waals surface area contributed by atoms with Crippen molar-refractivity contribution in [2.75, 3.05) is 6.54 Å². The molecule has 1 saturated carbocycles. The van der Waals surface area contributed by atoms with Gasteiger partial charge in [-0.25, -0.2) is 4.39 Å². The van der Waals surface area contributed by atoms with E-state index in [1.165, 1.54) is 12.8 Å². The van der Waals surface area contributed by atoms with Gasteiger partial charge in [0.25, 0.3) is 0 Å². The van der Waals surface area contributed by atoms with Crippen molar-refractivity contribution in [2.24, 2.45) is 5.92 Å². The van der Waals surface area contributed by atoms with Crippen LogP contribution in [0.5, 0.6) is 0 Å². The summed E-state index contributed by atoms with van der Waals surface area (Å²) in [4.78, 5) is 0. The van der Waals surface area contributed by atoms with E-state index in [0.29, 0.717) is 5.92 Å². The van der Waals surface area contributed by atoms with Gasteiger partial charge in [-0.3, -0.25) is 0 Å². The Labute approximate surface area is 110 Å². The Morgan fingerprint density at radius 3 is 2.50 bits per heavy atom. The first-order chi connectivity index (χ1) is 8.49. The van der Waals surface area contributed by atoms with Gasteiger partial charge in [0, 0.05) is 6.04 Å². The van der Waals surface area contributed by atoms with E-state index in [4.69, 9.17) is 0 Å². The van der Waals surface area contributed by atoms with Gasteiger partial charge in [-0.15, -0.1) is 0 Å². The van der Waals surface area contributed by atoms with Crippen molar-refractivity contribution in [1.82, 2.24) is 5.32 Å². The minimum Gasteiger partial charge on any atom is -0.314 e. The molecule has 18 heavy (non-hydrogen) atoms. The molecule has 100 valence electrons. The van der Waals surface area contributed by atoms with Gasteiger partial charge >= 0.3 is 0 Å². The minimum absolute atomic E-state index is 0.0433. The van der Waals surface area contributed by atoms with Crippen LogP contribution in [0.25, 0.3) is 0 Å². The maximum absolute atomic E-state index is 14.1. The van der Waals surface area contributed by atoms with Crippen LogP contribution in [0.3, 0.4) is 0 Å². The molecule has 0 spiro atoms. The van der Waals surface area contributed by atoms with Crippen molar-refractivity contribution in [2.45, 2.75) is 52.5 Å². The molecule has 0 aromatic heterocycles. The van der Waals surface area contributed by atoms with Gasteiger partial charge in [-0.05, 0) is 67.8 Å². The molecule has 1 fully saturated rings. The second-order valence-corrected chi connectivity index (χ2v) is 5.93. The van der Waals surface area contributed by atoms with E-state index in [-0.39, 0.29) is 11.7 Å². The standard InChI is InChI=1S/C16H24FN/c1-10-7-11(2)16(15(17)8-10)13(4)12(3)9-18-14-5-6-14/h7-8,12-14,18H,5-6,9H2,1-4H3. The van der Waals surface area contributed by atoms with Gasteiger partial charge in [-0.1, -0.05) is 19.9 Å². The third-order valence-corrected chi connectivity index (χ3v) is 4.10. The summed E-state index contributed by atoms with van der Waals surface area (Å²) in [7, 11) is 0. The maximum atomic E-state index is 14.1. The van der Waals surface area contributed by atoms with E-state index >= 15 is 0 Å². The summed E-state index contributed by atoms with van der Waals surface area (Å²) in [6, 6.07) is 4.46. The lowest BCUT2D eigenvalue weighted by atomic mass is 9.85. The number of hydrogen-bond acceptors (Lipinski definition) is 1. The Hall–Kier alpha value is -0.890. The summed E-state index contributed by atoms with van der Waals surface area (Å²) in [6.45, 7) is 9.29. The zero-order chi connectivity index (χ0) is 13.3. The molecule has 2 atom stereocenters. The van der Waals surface area contributed by atoms with Crippen molar-refractivity contribution in [1.29, 1.82) is 0 Å². The predicted molar refractivity (Wildman–Crippen MR) is 74.5 cm³/mol. The summed E-state index contributed by atoms with van der Waals surface area (Å²) in [5.74, 6) is 0.677. The van der Waals surface area contributed by atoms with Crippen molar-refractivity contribution >= 4 is 0 Å². The van der Waals surface area contributed by atoms with Crippen LogP contribution < -0.4 is 5.32 Å². The number of hydrogen-bond donors (Lipinski definition) is 1. The van der Waals surface area contributed by atoms with Crippen LogP contribution in [0.2, 0.25) is 0 Å². The van der Waals surface area contributed by atoms with Gasteiger partial charge < -0.3 is 5.32 Å². The highest BCUT2D eigenvalue weighted by molar-refractivity contribution is 5.34. The van der Waals surface area contributed by atoms with Crippen LogP contribution in [-0.2, 0) is 0 Å². The van der Waals surface area contributed by atoms with Crippen LogP contribution >= 0.6 is 0 Å². The van der Waals surface area contributed by atoms with E-state index in [1.807, 2.05) is 13.8 Å². The molecular formula is C16H24FN. The van der Waals surface area contributed by atoms with Crippen molar-refractivity contribution < 1.29 is 4.39 Å². The van der Waals surface area contributed by atoms with Crippen LogP contribution in [0.1, 0.15) is 49.3 Å². The van der Waals surface area contributed by atoms with Crippen LogP contribution in [0.15, 0.2) is 12.1 Å². The second-order valence-electron chi connectivity index (χ2n) is 5.93. The number of halogens is 1. The third-order valence-electron chi connectivity index (χ3n) is 4.10. The smallest absolute Gasteiger partial charge is 0.127 e. The first kappa shape index (κ1) is 13.5. The summed E-state index contributed by atoms with van der Waals surface area (Å²) in [6.07, 6.45) is 2.61. The molecule has 2 rings (SSSR count). The van der Waals surface area contributed by atoms with Gasteiger partial charge in [-0.2, -0.15) is 0 Å². The highest BCUT2D eigenvalue weighted by Gasteiger charge is 2.24. The van der Waals surface area contributed by atoms with E-state index in [2.05, 4.69) is 25.2 Å². The van der Waals surface area contributed by atoms with Crippen LogP contribution in [0, 0.1) is 25.6 Å². The summed E-state index contributed by atoms with van der Waals surface area (Å²) < 4.78 is 14.1. The Kier molecular flexibility index (Phi) is 4.06. The molecule has 1 aliphatic rings. The Balaban J connectivity index is 2.08. The molecule has 1 nitrogen and oxygen atoms in total. The summed E-state index contributed by atoms with van der Waals surface area (Å²) in [5.41, 5.74) is 2.98. The fourth-order valence-corrected chi connectivity index (χ4v) is 2.60. The fourth-order valence-electron chi connectivity index (χ4n) is 2.60. The highest BCUT2D eigenvalue weighted by atomic mass is 19.1. The summed E-state index contributed by atoms with van der Waals surface area (Å²) in [5, 5.41) is 3.53. The lowest BCUT2D eigenvalue weighted by molar-refractivity contribution is 0.431. The van der Waals surface area contributed by atoms with E-state index in [9.17, 15) is 4.39 Å². The average molecular weight is 249 g/mol. The first-order valence-corrected chi connectivity index (χ1v) is 6.99. The Morgan fingerprint density at radius 2 is 1.94 bits per heavy atom. The van der Waals surface area contributed by atoms with Crippen molar-refractivity contribution in [3.8, 4) is 0 Å². The molecule has 1 N–H and O–H groups in total. The van der Waals surface area contributed by atoms with Crippen molar-refractivity contribution in [3.05, 3.63) is 34.6 Å². The molecule has 0 heterocycles. The lowest BCUT2D eigenvalue weighted by Gasteiger charge is -2.23. The Morgan fingerprint density at radius 1 is 1.28 bits per heavy atom. The summed E-state index contributed by atoms with van der Waals surface area (Å²) >= 11 is 0. The van der Waals surface area contributed by atoms with E-state index < -0.39 is 0 Å². The molecule has 0 saturated heterocycles. The molecule has 0 amide bonds. The first-order valence-electron chi connectivity index (χ1n) is 6.99. The van der Waals surface area contributed by atoms with E-state index in [1.54, 1.807) is 6.07 Å². The average Bonchev–Trinajstić information content (AvgIpc) is 3.07. The lowest BCUT2D eigenvalue weighted by Crippen LogP contribution is -2.26. The zero-order valence-corrected chi connectivity index (χ0v) is 11.9. The second kappa shape index (κ2) is 5.40. The van der Waals surface area contributed by atoms with Crippen LogP contribution in [0.4, 0.5) is 4.39 Å². The molecule has 1 aliphatic carbocycles. The molecule has 0 bridgehead atoms. The van der Waals surface area contributed by atoms with Gasteiger partial charge in [0.05, 0.1) is 0 Å². The quantitative estimate of drug-likeness (QED) is 0.833. The maximum Gasteiger partial charge on any atom is 0.127 e. The largest absolute Gasteiger partial charge is 0.314 e. The Bertz CT molecular complexity index is 400. The predicted octanol–water partition coefficient (Wildman–Crippen LogP) is 3.93. The van der Waals surface area contributed by atoms with Gasteiger partial charge in [0.1, 0.15) is 5.82 Å². The molecule has 2 unspecified atom stereocenters. The van der Waals surface area contributed by atoms with E-state index in [0.717, 1.165) is 29.3 Å². The number of rotatable bonds is 5. The zero-order valence-electron chi connectivity index (χ0n) is 11.9. The topological polar surface area (TPSA) is 12.0 Å². The molecule has 1 aromatic carbocycles. The van der Waals surface area contributed by atoms with Crippen molar-refractivity contribution in [3.63, 3.8) is 0 Å². The van der Waals surface area contributed by atoms with Crippen LogP contribution in [-0.4, -0.2) is 12.6 Å². The number of nitrogens with one attached hydrogen (secondary N) is 1. The third kappa shape index (κ3) is 3.11. The molecule has 0 aliphatic heterocycles. The monoisotopic (exact) mass is 249 g/mol. The minimum atomic E-state index is -0.0433.